The Morgan fingerprint density at radius 3 is 2.90 bits per heavy atom. The number of ether oxygens (including phenoxy) is 1. The summed E-state index contributed by atoms with van der Waals surface area (Å²) in [6, 6.07) is 4.78. The lowest BCUT2D eigenvalue weighted by Crippen LogP contribution is -2.39. The van der Waals surface area contributed by atoms with Gasteiger partial charge in [-0.3, -0.25) is 4.99 Å². The largest absolute Gasteiger partial charge is 0.383 e. The lowest BCUT2D eigenvalue weighted by atomic mass is 10.1. The number of nitrogens with zero attached hydrogens (tertiary/aromatic N) is 1. The Bertz CT molecular complexity index is 609. The van der Waals surface area contributed by atoms with Gasteiger partial charge in [-0.15, -0.1) is 0 Å². The number of H-pyrrole nitrogens is 1. The third kappa shape index (κ3) is 4.19. The monoisotopic (exact) mass is 292 g/mol. The standard InChI is InChI=1S/C15H21FN4O/c1-17-15(19-7-8-21-2)18-6-5-11-10-20-14-4-3-12(16)9-13(11)14/h3-4,9-10,20H,5-8H2,1-2H3,(H2,17,18,19). The number of aliphatic imine (C=N–C) groups is 1. The zero-order valence-electron chi connectivity index (χ0n) is 12.4. The van der Waals surface area contributed by atoms with Crippen LogP contribution in [0.1, 0.15) is 5.56 Å². The SMILES string of the molecule is CN=C(NCCOC)NCCc1c[nH]c2ccc(F)cc12. The molecule has 0 unspecified atom stereocenters. The van der Waals surface area contributed by atoms with Gasteiger partial charge in [0, 0.05) is 44.3 Å². The summed E-state index contributed by atoms with van der Waals surface area (Å²) in [5.41, 5.74) is 2.04. The lowest BCUT2D eigenvalue weighted by molar-refractivity contribution is 0.203. The van der Waals surface area contributed by atoms with E-state index in [-0.39, 0.29) is 5.82 Å². The van der Waals surface area contributed by atoms with Crippen molar-refractivity contribution in [2.75, 3.05) is 33.9 Å². The maximum absolute atomic E-state index is 13.3. The minimum atomic E-state index is -0.214. The summed E-state index contributed by atoms with van der Waals surface area (Å²) in [5.74, 6) is 0.520. The molecule has 1 heterocycles. The van der Waals surface area contributed by atoms with Gasteiger partial charge >= 0.3 is 0 Å². The average molecular weight is 292 g/mol. The molecule has 0 aliphatic carbocycles. The van der Waals surface area contributed by atoms with Crippen molar-refractivity contribution < 1.29 is 9.13 Å². The fourth-order valence-electron chi connectivity index (χ4n) is 2.17. The summed E-state index contributed by atoms with van der Waals surface area (Å²) in [6.45, 7) is 2.05. The van der Waals surface area contributed by atoms with E-state index in [2.05, 4.69) is 20.6 Å². The summed E-state index contributed by atoms with van der Waals surface area (Å²) in [4.78, 5) is 7.28. The maximum atomic E-state index is 13.3. The van der Waals surface area contributed by atoms with Gasteiger partial charge in [0.15, 0.2) is 5.96 Å². The first-order valence-electron chi connectivity index (χ1n) is 6.93. The second-order valence-electron chi connectivity index (χ2n) is 4.67. The van der Waals surface area contributed by atoms with E-state index in [1.807, 2.05) is 6.20 Å². The summed E-state index contributed by atoms with van der Waals surface area (Å²) < 4.78 is 18.3. The first-order chi connectivity index (χ1) is 10.2. The Morgan fingerprint density at radius 2 is 2.14 bits per heavy atom. The van der Waals surface area contributed by atoms with Gasteiger partial charge in [0.25, 0.3) is 0 Å². The third-order valence-corrected chi connectivity index (χ3v) is 3.24. The smallest absolute Gasteiger partial charge is 0.191 e. The van der Waals surface area contributed by atoms with Gasteiger partial charge in [-0.1, -0.05) is 0 Å². The van der Waals surface area contributed by atoms with Crippen LogP contribution in [0.4, 0.5) is 4.39 Å². The van der Waals surface area contributed by atoms with Crippen LogP contribution >= 0.6 is 0 Å². The van der Waals surface area contributed by atoms with Gasteiger partial charge in [0.1, 0.15) is 5.82 Å². The van der Waals surface area contributed by atoms with E-state index in [4.69, 9.17) is 4.74 Å². The second kappa shape index (κ2) is 7.64. The number of benzene rings is 1. The van der Waals surface area contributed by atoms with E-state index in [1.54, 1.807) is 26.3 Å². The number of halogens is 1. The van der Waals surface area contributed by atoms with Gasteiger partial charge < -0.3 is 20.4 Å². The Morgan fingerprint density at radius 1 is 1.33 bits per heavy atom. The first-order valence-corrected chi connectivity index (χ1v) is 6.93. The highest BCUT2D eigenvalue weighted by Crippen LogP contribution is 2.19. The number of methoxy groups -OCH3 is 1. The van der Waals surface area contributed by atoms with E-state index in [0.29, 0.717) is 13.2 Å². The number of rotatable bonds is 6. The van der Waals surface area contributed by atoms with Crippen molar-refractivity contribution in [1.82, 2.24) is 15.6 Å². The number of aromatic amines is 1. The molecule has 2 aromatic rings. The summed E-state index contributed by atoms with van der Waals surface area (Å²) >= 11 is 0. The predicted molar refractivity (Wildman–Crippen MR) is 83.2 cm³/mol. The van der Waals surface area contributed by atoms with Gasteiger partial charge in [-0.05, 0) is 30.2 Å². The van der Waals surface area contributed by atoms with E-state index in [0.717, 1.165) is 35.4 Å². The molecule has 1 aromatic carbocycles. The summed E-state index contributed by atoms with van der Waals surface area (Å²) in [5, 5.41) is 7.29. The van der Waals surface area contributed by atoms with Gasteiger partial charge in [-0.2, -0.15) is 0 Å². The van der Waals surface area contributed by atoms with Crippen molar-refractivity contribution in [3.8, 4) is 0 Å². The van der Waals surface area contributed by atoms with Crippen molar-refractivity contribution >= 4 is 16.9 Å². The molecule has 0 bridgehead atoms. The topological polar surface area (TPSA) is 61.4 Å². The molecule has 0 saturated heterocycles. The van der Waals surface area contributed by atoms with Crippen LogP contribution in [0.15, 0.2) is 29.4 Å². The molecule has 6 heteroatoms. The highest BCUT2D eigenvalue weighted by molar-refractivity contribution is 5.83. The second-order valence-corrected chi connectivity index (χ2v) is 4.67. The molecule has 114 valence electrons. The first kappa shape index (κ1) is 15.3. The van der Waals surface area contributed by atoms with Crippen LogP contribution in [0.5, 0.6) is 0 Å². The van der Waals surface area contributed by atoms with Crippen LogP contribution in [-0.2, 0) is 11.2 Å². The van der Waals surface area contributed by atoms with Gasteiger partial charge in [-0.25, -0.2) is 4.39 Å². The summed E-state index contributed by atoms with van der Waals surface area (Å²) in [6.07, 6.45) is 2.71. The zero-order chi connectivity index (χ0) is 15.1. The third-order valence-electron chi connectivity index (χ3n) is 3.24. The van der Waals surface area contributed by atoms with E-state index < -0.39 is 0 Å². The number of fused-ring (bicyclic) bond motifs is 1. The molecule has 3 N–H and O–H groups in total. The molecule has 0 aliphatic rings. The number of guanidine groups is 1. The molecule has 0 saturated carbocycles. The van der Waals surface area contributed by atoms with E-state index in [1.165, 1.54) is 6.07 Å². The number of hydrogen-bond acceptors (Lipinski definition) is 2. The molecule has 0 radical (unpaired) electrons. The number of aromatic nitrogens is 1. The van der Waals surface area contributed by atoms with E-state index >= 15 is 0 Å². The molecule has 0 atom stereocenters. The molecular weight excluding hydrogens is 271 g/mol. The predicted octanol–water partition coefficient (Wildman–Crippen LogP) is 1.66. The molecule has 21 heavy (non-hydrogen) atoms. The van der Waals surface area contributed by atoms with E-state index in [9.17, 15) is 4.39 Å². The molecule has 0 spiro atoms. The van der Waals surface area contributed by atoms with Crippen molar-refractivity contribution in [1.29, 1.82) is 0 Å². The fraction of sp³-hybridized carbons (Fsp3) is 0.400. The molecule has 5 nitrogen and oxygen atoms in total. The van der Waals surface area contributed by atoms with Crippen LogP contribution in [0.25, 0.3) is 10.9 Å². The zero-order valence-corrected chi connectivity index (χ0v) is 12.4. The minimum absolute atomic E-state index is 0.214. The minimum Gasteiger partial charge on any atom is -0.383 e. The number of nitrogens with one attached hydrogen (secondary N) is 3. The van der Waals surface area contributed by atoms with Crippen LogP contribution < -0.4 is 10.6 Å². The molecule has 0 fully saturated rings. The Kier molecular flexibility index (Phi) is 5.57. The Hall–Kier alpha value is -2.08. The highest BCUT2D eigenvalue weighted by atomic mass is 19.1. The molecule has 2 rings (SSSR count). The molecule has 0 aliphatic heterocycles. The Balaban J connectivity index is 1.88. The van der Waals surface area contributed by atoms with Gasteiger partial charge in [0.05, 0.1) is 6.61 Å². The lowest BCUT2D eigenvalue weighted by Gasteiger charge is -2.11. The maximum Gasteiger partial charge on any atom is 0.191 e. The Labute approximate surface area is 123 Å². The summed E-state index contributed by atoms with van der Waals surface area (Å²) in [7, 11) is 3.39. The van der Waals surface area contributed by atoms with Crippen molar-refractivity contribution in [2.24, 2.45) is 4.99 Å². The van der Waals surface area contributed by atoms with Crippen LogP contribution in [-0.4, -0.2) is 44.8 Å². The van der Waals surface area contributed by atoms with Crippen LogP contribution in [0, 0.1) is 5.82 Å². The van der Waals surface area contributed by atoms with Crippen molar-refractivity contribution in [2.45, 2.75) is 6.42 Å². The van der Waals surface area contributed by atoms with Gasteiger partial charge in [0.2, 0.25) is 0 Å². The average Bonchev–Trinajstić information content (AvgIpc) is 2.88. The van der Waals surface area contributed by atoms with Crippen LogP contribution in [0.3, 0.4) is 0 Å². The molecular formula is C15H21FN4O. The highest BCUT2D eigenvalue weighted by Gasteiger charge is 2.05. The van der Waals surface area contributed by atoms with Crippen molar-refractivity contribution in [3.05, 3.63) is 35.8 Å². The normalized spacial score (nSPS) is 11.9. The quantitative estimate of drug-likeness (QED) is 0.431. The number of hydrogen-bond donors (Lipinski definition) is 3. The fourth-order valence-corrected chi connectivity index (χ4v) is 2.17. The van der Waals surface area contributed by atoms with Crippen molar-refractivity contribution in [3.63, 3.8) is 0 Å². The molecule has 1 aromatic heterocycles. The molecule has 0 amide bonds. The van der Waals surface area contributed by atoms with Crippen LogP contribution in [0.2, 0.25) is 0 Å².